The summed E-state index contributed by atoms with van der Waals surface area (Å²) >= 11 is 0. The first kappa shape index (κ1) is 11.7. The molecular weight excluding hydrogens is 208 g/mol. The highest BCUT2D eigenvalue weighted by Gasteiger charge is 2.51. The van der Waals surface area contributed by atoms with Gasteiger partial charge in [-0.3, -0.25) is 4.90 Å². The number of nitrogens with two attached hydrogens (primary N) is 1. The Morgan fingerprint density at radius 1 is 1.29 bits per heavy atom. The van der Waals surface area contributed by atoms with Crippen LogP contribution in [0, 0.1) is 23.7 Å². The second kappa shape index (κ2) is 4.40. The Morgan fingerprint density at radius 3 is 2.59 bits per heavy atom. The Bertz CT molecular complexity index is 312. The topological polar surface area (TPSA) is 29.3 Å². The molecule has 0 spiro atoms. The zero-order chi connectivity index (χ0) is 12.0. The highest BCUT2D eigenvalue weighted by atomic mass is 15.2. The van der Waals surface area contributed by atoms with Gasteiger partial charge in [0.15, 0.2) is 0 Å². The number of hydrogen-bond donors (Lipinski definition) is 1. The number of rotatable bonds is 3. The predicted octanol–water partition coefficient (Wildman–Crippen LogP) is 2.26. The molecule has 0 aromatic carbocycles. The number of fused-ring (bicyclic) bond motifs is 1. The van der Waals surface area contributed by atoms with E-state index in [0.29, 0.717) is 6.04 Å². The Labute approximate surface area is 105 Å². The van der Waals surface area contributed by atoms with E-state index in [1.165, 1.54) is 25.8 Å². The Kier molecular flexibility index (Phi) is 3.04. The van der Waals surface area contributed by atoms with E-state index in [4.69, 9.17) is 5.73 Å². The molecule has 2 N–H and O–H groups in total. The molecule has 3 aliphatic carbocycles. The minimum Gasteiger partial charge on any atom is -0.329 e. The summed E-state index contributed by atoms with van der Waals surface area (Å²) < 4.78 is 0. The third-order valence-electron chi connectivity index (χ3n) is 5.60. The lowest BCUT2D eigenvalue weighted by Crippen LogP contribution is -2.44. The summed E-state index contributed by atoms with van der Waals surface area (Å²) in [5, 5.41) is 0. The van der Waals surface area contributed by atoms with Crippen molar-refractivity contribution in [1.29, 1.82) is 0 Å². The van der Waals surface area contributed by atoms with Crippen LogP contribution in [-0.4, -0.2) is 30.1 Å². The van der Waals surface area contributed by atoms with Gasteiger partial charge in [0.05, 0.1) is 0 Å². The number of nitrogens with zero attached hydrogens (tertiary/aromatic N) is 1. The lowest BCUT2D eigenvalue weighted by atomic mass is 9.62. The van der Waals surface area contributed by atoms with Crippen LogP contribution in [0.2, 0.25) is 0 Å². The molecular formula is C15H26N2. The van der Waals surface area contributed by atoms with E-state index in [-0.39, 0.29) is 0 Å². The van der Waals surface area contributed by atoms with E-state index in [2.05, 4.69) is 30.9 Å². The Hall–Kier alpha value is -0.340. The summed E-state index contributed by atoms with van der Waals surface area (Å²) in [6, 6.07) is 1.35. The molecule has 6 atom stereocenters. The van der Waals surface area contributed by atoms with E-state index in [1.54, 1.807) is 0 Å². The highest BCUT2D eigenvalue weighted by Crippen LogP contribution is 2.52. The van der Waals surface area contributed by atoms with Crippen LogP contribution in [0.1, 0.15) is 33.1 Å². The summed E-state index contributed by atoms with van der Waals surface area (Å²) in [5.74, 6) is 3.59. The van der Waals surface area contributed by atoms with Gasteiger partial charge in [-0.05, 0) is 49.9 Å². The second-order valence-corrected chi connectivity index (χ2v) is 6.29. The smallest absolute Gasteiger partial charge is 0.0193 e. The molecule has 2 nitrogen and oxygen atoms in total. The first-order valence-electron chi connectivity index (χ1n) is 7.40. The fourth-order valence-corrected chi connectivity index (χ4v) is 4.72. The molecule has 17 heavy (non-hydrogen) atoms. The van der Waals surface area contributed by atoms with Crippen molar-refractivity contribution in [3.63, 3.8) is 0 Å². The van der Waals surface area contributed by atoms with Crippen molar-refractivity contribution in [2.75, 3.05) is 13.1 Å². The van der Waals surface area contributed by atoms with Crippen LogP contribution in [0.5, 0.6) is 0 Å². The van der Waals surface area contributed by atoms with Crippen LogP contribution in [0.15, 0.2) is 12.2 Å². The van der Waals surface area contributed by atoms with Crippen LogP contribution >= 0.6 is 0 Å². The van der Waals surface area contributed by atoms with Gasteiger partial charge >= 0.3 is 0 Å². The van der Waals surface area contributed by atoms with Gasteiger partial charge in [-0.1, -0.05) is 19.1 Å². The Balaban J connectivity index is 1.85. The highest BCUT2D eigenvalue weighted by molar-refractivity contribution is 5.15. The predicted molar refractivity (Wildman–Crippen MR) is 71.6 cm³/mol. The van der Waals surface area contributed by atoms with Crippen molar-refractivity contribution in [1.82, 2.24) is 4.90 Å². The average Bonchev–Trinajstić information content (AvgIpc) is 2.80. The molecule has 4 rings (SSSR count). The maximum absolute atomic E-state index is 5.89. The first-order chi connectivity index (χ1) is 8.26. The molecule has 0 amide bonds. The minimum atomic E-state index is 0.560. The standard InChI is InChI=1S/C15H26N2/c1-3-14-15-12-6-4-11(5-7-12)13(15)9-17(14)10(2)8-16/h4,6,10-15H,3,5,7-9,16H2,1-2H3. The van der Waals surface area contributed by atoms with Gasteiger partial charge in [0.2, 0.25) is 0 Å². The molecule has 0 aromatic rings. The zero-order valence-electron chi connectivity index (χ0n) is 11.2. The molecule has 6 unspecified atom stereocenters. The van der Waals surface area contributed by atoms with Crippen molar-refractivity contribution in [2.24, 2.45) is 29.4 Å². The maximum atomic E-state index is 5.89. The number of likely N-dealkylation sites (tertiary alicyclic amines) is 1. The van der Waals surface area contributed by atoms with Gasteiger partial charge in [-0.25, -0.2) is 0 Å². The minimum absolute atomic E-state index is 0.560. The molecule has 96 valence electrons. The van der Waals surface area contributed by atoms with Gasteiger partial charge in [0.1, 0.15) is 0 Å². The Morgan fingerprint density at radius 2 is 2.00 bits per heavy atom. The summed E-state index contributed by atoms with van der Waals surface area (Å²) in [6.45, 7) is 6.76. The van der Waals surface area contributed by atoms with Crippen molar-refractivity contribution in [3.05, 3.63) is 12.2 Å². The van der Waals surface area contributed by atoms with Gasteiger partial charge in [-0.2, -0.15) is 0 Å². The fraction of sp³-hybridized carbons (Fsp3) is 0.867. The SMILES string of the molecule is CCC1C2C3C=CC(CC3)C2CN1C(C)CN. The summed E-state index contributed by atoms with van der Waals surface area (Å²) in [7, 11) is 0. The fourth-order valence-electron chi connectivity index (χ4n) is 4.72. The lowest BCUT2D eigenvalue weighted by Gasteiger charge is -2.43. The van der Waals surface area contributed by atoms with Crippen molar-refractivity contribution in [2.45, 2.75) is 45.2 Å². The lowest BCUT2D eigenvalue weighted by molar-refractivity contribution is 0.125. The molecule has 0 aromatic heterocycles. The molecule has 2 fully saturated rings. The third kappa shape index (κ3) is 1.68. The van der Waals surface area contributed by atoms with Crippen molar-refractivity contribution < 1.29 is 0 Å². The van der Waals surface area contributed by atoms with E-state index in [1.807, 2.05) is 0 Å². The molecule has 1 saturated carbocycles. The molecule has 0 radical (unpaired) electrons. The average molecular weight is 234 g/mol. The molecule has 4 aliphatic rings. The van der Waals surface area contributed by atoms with Crippen LogP contribution in [-0.2, 0) is 0 Å². The molecule has 1 aliphatic heterocycles. The summed E-state index contributed by atoms with van der Waals surface area (Å²) in [6.07, 6.45) is 9.20. The monoisotopic (exact) mass is 234 g/mol. The molecule has 2 heteroatoms. The molecule has 2 bridgehead atoms. The van der Waals surface area contributed by atoms with Gasteiger partial charge in [0.25, 0.3) is 0 Å². The number of hydrogen-bond acceptors (Lipinski definition) is 2. The van der Waals surface area contributed by atoms with Crippen molar-refractivity contribution in [3.8, 4) is 0 Å². The maximum Gasteiger partial charge on any atom is 0.0193 e. The van der Waals surface area contributed by atoms with Gasteiger partial charge in [0, 0.05) is 25.2 Å². The third-order valence-corrected chi connectivity index (χ3v) is 5.60. The van der Waals surface area contributed by atoms with Crippen LogP contribution in [0.3, 0.4) is 0 Å². The van der Waals surface area contributed by atoms with E-state index in [9.17, 15) is 0 Å². The van der Waals surface area contributed by atoms with Crippen molar-refractivity contribution >= 4 is 0 Å². The van der Waals surface area contributed by atoms with Crippen LogP contribution in [0.25, 0.3) is 0 Å². The van der Waals surface area contributed by atoms with Gasteiger partial charge in [-0.15, -0.1) is 0 Å². The van der Waals surface area contributed by atoms with E-state index >= 15 is 0 Å². The molecule has 1 heterocycles. The first-order valence-corrected chi connectivity index (χ1v) is 7.40. The van der Waals surface area contributed by atoms with Crippen LogP contribution in [0.4, 0.5) is 0 Å². The summed E-state index contributed by atoms with van der Waals surface area (Å²) in [5.41, 5.74) is 5.89. The normalized spacial score (nSPS) is 46.2. The summed E-state index contributed by atoms with van der Waals surface area (Å²) in [4.78, 5) is 2.72. The van der Waals surface area contributed by atoms with E-state index < -0.39 is 0 Å². The largest absolute Gasteiger partial charge is 0.329 e. The zero-order valence-corrected chi connectivity index (χ0v) is 11.2. The number of allylic oxidation sites excluding steroid dienone is 2. The van der Waals surface area contributed by atoms with E-state index in [0.717, 1.165) is 36.3 Å². The second-order valence-electron chi connectivity index (χ2n) is 6.29. The van der Waals surface area contributed by atoms with Crippen LogP contribution < -0.4 is 5.73 Å². The quantitative estimate of drug-likeness (QED) is 0.759. The van der Waals surface area contributed by atoms with Gasteiger partial charge < -0.3 is 5.73 Å². The molecule has 1 saturated heterocycles.